The van der Waals surface area contributed by atoms with Crippen molar-refractivity contribution in [2.45, 2.75) is 33.1 Å². The number of carboxylic acid groups (broad SMARTS) is 1. The van der Waals surface area contributed by atoms with E-state index >= 15 is 0 Å². The summed E-state index contributed by atoms with van der Waals surface area (Å²) in [7, 11) is 0. The molecule has 0 atom stereocenters. The molecule has 13 heavy (non-hydrogen) atoms. The molecule has 1 heterocycles. The van der Waals surface area contributed by atoms with Gasteiger partial charge in [-0.3, -0.25) is 0 Å². The summed E-state index contributed by atoms with van der Waals surface area (Å²) in [5.74, 6) is 0. The molecule has 0 unspecified atom stereocenters. The van der Waals surface area contributed by atoms with E-state index in [-0.39, 0.29) is 5.41 Å². The third-order valence-corrected chi connectivity index (χ3v) is 1.90. The lowest BCUT2D eigenvalue weighted by Gasteiger charge is -2.16. The van der Waals surface area contributed by atoms with Gasteiger partial charge in [-0.2, -0.15) is 9.78 Å². The summed E-state index contributed by atoms with van der Waals surface area (Å²) in [6.07, 6.45) is 0.524. The molecule has 1 aromatic rings. The lowest BCUT2D eigenvalue weighted by atomic mass is 9.88. The highest BCUT2D eigenvalue weighted by molar-refractivity contribution is 5.67. The van der Waals surface area contributed by atoms with Gasteiger partial charge in [-0.15, -0.1) is 0 Å². The molecule has 1 aromatic heterocycles. The van der Waals surface area contributed by atoms with Gasteiger partial charge in [-0.25, -0.2) is 4.79 Å². The van der Waals surface area contributed by atoms with E-state index in [1.54, 1.807) is 6.20 Å². The SMILES string of the molecule is Cc1nn(C(=O)O)cc1C(C)(C)C. The fraction of sp³-hybridized carbons (Fsp3) is 0.556. The van der Waals surface area contributed by atoms with Crippen molar-refractivity contribution in [3.63, 3.8) is 0 Å². The van der Waals surface area contributed by atoms with Crippen LogP contribution < -0.4 is 0 Å². The average molecular weight is 182 g/mol. The van der Waals surface area contributed by atoms with Crippen LogP contribution in [0.1, 0.15) is 32.0 Å². The van der Waals surface area contributed by atoms with E-state index in [9.17, 15) is 4.79 Å². The third-order valence-electron chi connectivity index (χ3n) is 1.90. The molecule has 1 N–H and O–H groups in total. The molecule has 0 aliphatic heterocycles. The Hall–Kier alpha value is -1.32. The number of nitrogens with zero attached hydrogens (tertiary/aromatic N) is 2. The van der Waals surface area contributed by atoms with E-state index in [4.69, 9.17) is 5.11 Å². The summed E-state index contributed by atoms with van der Waals surface area (Å²) in [5, 5.41) is 12.6. The molecule has 1 rings (SSSR count). The fourth-order valence-corrected chi connectivity index (χ4v) is 1.29. The van der Waals surface area contributed by atoms with Crippen LogP contribution in [0.3, 0.4) is 0 Å². The van der Waals surface area contributed by atoms with E-state index in [1.165, 1.54) is 0 Å². The highest BCUT2D eigenvalue weighted by Crippen LogP contribution is 2.24. The lowest BCUT2D eigenvalue weighted by Crippen LogP contribution is -2.12. The summed E-state index contributed by atoms with van der Waals surface area (Å²) < 4.78 is 0.954. The van der Waals surface area contributed by atoms with Crippen LogP contribution in [0.5, 0.6) is 0 Å². The maximum atomic E-state index is 10.6. The smallest absolute Gasteiger partial charge is 0.432 e. The van der Waals surface area contributed by atoms with Gasteiger partial charge in [0.25, 0.3) is 0 Å². The molecule has 4 heteroatoms. The Balaban J connectivity index is 3.18. The minimum atomic E-state index is -1.04. The molecule has 0 aromatic carbocycles. The van der Waals surface area contributed by atoms with Crippen molar-refractivity contribution >= 4 is 6.09 Å². The molecule has 0 bridgehead atoms. The number of aromatic nitrogens is 2. The molecule has 0 aliphatic rings. The Labute approximate surface area is 77.2 Å². The summed E-state index contributed by atoms with van der Waals surface area (Å²) in [4.78, 5) is 10.6. The van der Waals surface area contributed by atoms with Crippen molar-refractivity contribution in [2.24, 2.45) is 0 Å². The van der Waals surface area contributed by atoms with Gasteiger partial charge in [0.1, 0.15) is 0 Å². The Morgan fingerprint density at radius 2 is 2.08 bits per heavy atom. The van der Waals surface area contributed by atoms with Crippen molar-refractivity contribution in [2.75, 3.05) is 0 Å². The second kappa shape index (κ2) is 2.87. The van der Waals surface area contributed by atoms with Crippen molar-refractivity contribution in [1.82, 2.24) is 9.78 Å². The first-order valence-electron chi connectivity index (χ1n) is 4.12. The first kappa shape index (κ1) is 9.77. The summed E-state index contributed by atoms with van der Waals surface area (Å²) in [5.41, 5.74) is 1.68. The summed E-state index contributed by atoms with van der Waals surface area (Å²) >= 11 is 0. The Morgan fingerprint density at radius 3 is 2.31 bits per heavy atom. The zero-order chi connectivity index (χ0) is 10.2. The largest absolute Gasteiger partial charge is 0.463 e. The topological polar surface area (TPSA) is 55.1 Å². The molecular weight excluding hydrogens is 168 g/mol. The summed E-state index contributed by atoms with van der Waals surface area (Å²) in [6, 6.07) is 0. The van der Waals surface area contributed by atoms with Crippen LogP contribution in [0.25, 0.3) is 0 Å². The van der Waals surface area contributed by atoms with Gasteiger partial charge in [0, 0.05) is 6.20 Å². The highest BCUT2D eigenvalue weighted by atomic mass is 16.4. The van der Waals surface area contributed by atoms with Crippen LogP contribution >= 0.6 is 0 Å². The number of carbonyl (C=O) groups is 1. The maximum Gasteiger partial charge on any atom is 0.432 e. The van der Waals surface area contributed by atoms with Gasteiger partial charge >= 0.3 is 6.09 Å². The van der Waals surface area contributed by atoms with Gasteiger partial charge in [0.2, 0.25) is 0 Å². The second-order valence-corrected chi connectivity index (χ2v) is 4.11. The van der Waals surface area contributed by atoms with Crippen LogP contribution in [-0.2, 0) is 5.41 Å². The first-order valence-corrected chi connectivity index (χ1v) is 4.12. The highest BCUT2D eigenvalue weighted by Gasteiger charge is 2.20. The molecule has 0 aliphatic carbocycles. The van der Waals surface area contributed by atoms with Crippen molar-refractivity contribution in [3.8, 4) is 0 Å². The summed E-state index contributed by atoms with van der Waals surface area (Å²) in [6.45, 7) is 7.91. The quantitative estimate of drug-likeness (QED) is 0.667. The van der Waals surface area contributed by atoms with Crippen molar-refractivity contribution < 1.29 is 9.90 Å². The normalized spacial score (nSPS) is 11.7. The Bertz CT molecular complexity index is 334. The number of rotatable bonds is 0. The van der Waals surface area contributed by atoms with Gasteiger partial charge in [0.05, 0.1) is 5.69 Å². The van der Waals surface area contributed by atoms with Crippen molar-refractivity contribution in [1.29, 1.82) is 0 Å². The predicted octanol–water partition coefficient (Wildman–Crippen LogP) is 2.02. The average Bonchev–Trinajstić information content (AvgIpc) is 2.29. The zero-order valence-electron chi connectivity index (χ0n) is 8.33. The molecule has 0 spiro atoms. The van der Waals surface area contributed by atoms with E-state index < -0.39 is 6.09 Å². The fourth-order valence-electron chi connectivity index (χ4n) is 1.29. The van der Waals surface area contributed by atoms with Gasteiger partial charge in [0.15, 0.2) is 0 Å². The molecule has 0 amide bonds. The molecular formula is C9H14N2O2. The molecule has 0 saturated heterocycles. The van der Waals surface area contributed by atoms with Gasteiger partial charge in [-0.05, 0) is 17.9 Å². The molecule has 4 nitrogen and oxygen atoms in total. The number of hydrogen-bond acceptors (Lipinski definition) is 2. The number of hydrogen-bond donors (Lipinski definition) is 1. The minimum Gasteiger partial charge on any atom is -0.463 e. The molecule has 72 valence electrons. The van der Waals surface area contributed by atoms with Crippen LogP contribution in [0.15, 0.2) is 6.20 Å². The Morgan fingerprint density at radius 1 is 1.54 bits per heavy atom. The van der Waals surface area contributed by atoms with Gasteiger partial charge in [-0.1, -0.05) is 20.8 Å². The van der Waals surface area contributed by atoms with Gasteiger partial charge < -0.3 is 5.11 Å². The van der Waals surface area contributed by atoms with Crippen LogP contribution in [0, 0.1) is 6.92 Å². The monoisotopic (exact) mass is 182 g/mol. The molecule has 0 radical (unpaired) electrons. The first-order chi connectivity index (χ1) is 5.82. The molecule has 0 saturated carbocycles. The zero-order valence-corrected chi connectivity index (χ0v) is 8.33. The second-order valence-electron chi connectivity index (χ2n) is 4.11. The van der Waals surface area contributed by atoms with Crippen LogP contribution in [0.4, 0.5) is 4.79 Å². The van der Waals surface area contributed by atoms with Crippen LogP contribution in [-0.4, -0.2) is 21.0 Å². The maximum absolute atomic E-state index is 10.6. The van der Waals surface area contributed by atoms with E-state index in [1.807, 2.05) is 27.7 Å². The van der Waals surface area contributed by atoms with E-state index in [0.29, 0.717) is 0 Å². The van der Waals surface area contributed by atoms with E-state index in [0.717, 1.165) is 15.9 Å². The predicted molar refractivity (Wildman–Crippen MR) is 49.1 cm³/mol. The standard InChI is InChI=1S/C9H14N2O2/c1-6-7(9(2,3)4)5-11(10-6)8(12)13/h5H,1-4H3,(H,12,13). The van der Waals surface area contributed by atoms with E-state index in [2.05, 4.69) is 5.10 Å². The minimum absolute atomic E-state index is 0.0578. The van der Waals surface area contributed by atoms with Crippen molar-refractivity contribution in [3.05, 3.63) is 17.5 Å². The number of aryl methyl sites for hydroxylation is 1. The lowest BCUT2D eigenvalue weighted by molar-refractivity contribution is 0.192. The third kappa shape index (κ3) is 1.88. The Kier molecular flexibility index (Phi) is 2.15. The molecule has 0 fully saturated rings. The van der Waals surface area contributed by atoms with Crippen LogP contribution in [0.2, 0.25) is 0 Å².